The average Bonchev–Trinajstić information content (AvgIpc) is 2.97. The summed E-state index contributed by atoms with van der Waals surface area (Å²) in [7, 11) is 0. The Bertz CT molecular complexity index is 607. The Morgan fingerprint density at radius 1 is 1.19 bits per heavy atom. The van der Waals surface area contributed by atoms with Crippen LogP contribution >= 0.6 is 11.3 Å². The van der Waals surface area contributed by atoms with Crippen molar-refractivity contribution in [1.82, 2.24) is 4.98 Å². The number of ketones is 1. The molecule has 3 aromatic rings. The Hall–Kier alpha value is -1.94. The minimum atomic E-state index is -0.161. The maximum atomic E-state index is 11.9. The molecule has 0 aliphatic heterocycles. The molecule has 0 unspecified atom stereocenters. The summed E-state index contributed by atoms with van der Waals surface area (Å²) in [6, 6.07) is 11.0. The van der Waals surface area contributed by atoms with E-state index in [1.807, 2.05) is 24.3 Å². The van der Waals surface area contributed by atoms with Gasteiger partial charge in [0.2, 0.25) is 0 Å². The van der Waals surface area contributed by atoms with Gasteiger partial charge in [0, 0.05) is 0 Å². The molecular formula is C12H7NO2S. The van der Waals surface area contributed by atoms with Crippen LogP contribution in [0.15, 0.2) is 47.1 Å². The van der Waals surface area contributed by atoms with Crippen LogP contribution in [0.1, 0.15) is 15.6 Å². The maximum Gasteiger partial charge on any atom is 0.256 e. The van der Waals surface area contributed by atoms with Crippen LogP contribution in [0.2, 0.25) is 0 Å². The van der Waals surface area contributed by atoms with Gasteiger partial charge in [-0.2, -0.15) is 0 Å². The fourth-order valence-corrected chi connectivity index (χ4v) is 2.39. The number of carbonyl (C=O) groups excluding carboxylic acids is 1. The Kier molecular flexibility index (Phi) is 2.08. The van der Waals surface area contributed by atoms with E-state index in [4.69, 9.17) is 4.42 Å². The molecule has 16 heavy (non-hydrogen) atoms. The van der Waals surface area contributed by atoms with Gasteiger partial charge in [0.1, 0.15) is 0 Å². The number of hydrogen-bond acceptors (Lipinski definition) is 4. The topological polar surface area (TPSA) is 43.1 Å². The van der Waals surface area contributed by atoms with Gasteiger partial charge in [-0.05, 0) is 24.3 Å². The third-order valence-electron chi connectivity index (χ3n) is 2.23. The van der Waals surface area contributed by atoms with E-state index in [9.17, 15) is 4.79 Å². The van der Waals surface area contributed by atoms with Gasteiger partial charge >= 0.3 is 0 Å². The zero-order valence-corrected chi connectivity index (χ0v) is 9.03. The average molecular weight is 229 g/mol. The highest BCUT2D eigenvalue weighted by atomic mass is 32.1. The second kappa shape index (κ2) is 3.57. The molecule has 4 heteroatoms. The second-order valence-corrected chi connectivity index (χ2v) is 4.32. The Labute approximate surface area is 95.4 Å². The van der Waals surface area contributed by atoms with Gasteiger partial charge in [-0.15, -0.1) is 11.3 Å². The number of para-hydroxylation sites is 1. The van der Waals surface area contributed by atoms with E-state index in [0.29, 0.717) is 10.8 Å². The van der Waals surface area contributed by atoms with Crippen molar-refractivity contribution < 1.29 is 9.21 Å². The summed E-state index contributed by atoms with van der Waals surface area (Å²) in [6.07, 6.45) is 1.49. The van der Waals surface area contributed by atoms with Crippen molar-refractivity contribution in [3.8, 4) is 0 Å². The summed E-state index contributed by atoms with van der Waals surface area (Å²) in [5.74, 6) is 0.172. The fraction of sp³-hybridized carbons (Fsp3) is 0. The van der Waals surface area contributed by atoms with Crippen molar-refractivity contribution in [2.45, 2.75) is 0 Å². The molecule has 3 rings (SSSR count). The first-order chi connectivity index (χ1) is 7.84. The molecule has 0 radical (unpaired) electrons. The highest BCUT2D eigenvalue weighted by Gasteiger charge is 2.16. The van der Waals surface area contributed by atoms with Crippen molar-refractivity contribution in [3.63, 3.8) is 0 Å². The van der Waals surface area contributed by atoms with Gasteiger partial charge in [-0.25, -0.2) is 4.98 Å². The largest absolute Gasteiger partial charge is 0.461 e. The van der Waals surface area contributed by atoms with E-state index in [2.05, 4.69) is 4.98 Å². The van der Waals surface area contributed by atoms with Crippen molar-refractivity contribution in [2.75, 3.05) is 0 Å². The number of hydrogen-bond donors (Lipinski definition) is 0. The lowest BCUT2D eigenvalue weighted by Crippen LogP contribution is -1.97. The lowest BCUT2D eigenvalue weighted by Gasteiger charge is -1.88. The normalized spacial score (nSPS) is 10.8. The number of furan rings is 1. The molecule has 78 valence electrons. The van der Waals surface area contributed by atoms with Gasteiger partial charge in [-0.1, -0.05) is 12.1 Å². The molecule has 0 fully saturated rings. The van der Waals surface area contributed by atoms with Gasteiger partial charge in [0.05, 0.1) is 16.5 Å². The zero-order valence-electron chi connectivity index (χ0n) is 8.21. The number of rotatable bonds is 2. The summed E-state index contributed by atoms with van der Waals surface area (Å²) in [5.41, 5.74) is 0.849. The second-order valence-electron chi connectivity index (χ2n) is 3.29. The van der Waals surface area contributed by atoms with Crippen molar-refractivity contribution in [3.05, 3.63) is 53.4 Å². The lowest BCUT2D eigenvalue weighted by atomic mass is 10.3. The van der Waals surface area contributed by atoms with E-state index < -0.39 is 0 Å². The Morgan fingerprint density at radius 3 is 2.81 bits per heavy atom. The summed E-state index contributed by atoms with van der Waals surface area (Å²) in [5, 5.41) is 0.469. The SMILES string of the molecule is O=C(c1ccco1)c1nc2ccccc2s1. The first-order valence-corrected chi connectivity index (χ1v) is 5.60. The summed E-state index contributed by atoms with van der Waals surface area (Å²) in [4.78, 5) is 16.2. The summed E-state index contributed by atoms with van der Waals surface area (Å²) >= 11 is 1.38. The van der Waals surface area contributed by atoms with E-state index in [-0.39, 0.29) is 5.78 Å². The molecule has 0 aliphatic rings. The molecule has 0 saturated heterocycles. The number of carbonyl (C=O) groups is 1. The monoisotopic (exact) mass is 229 g/mol. The molecule has 0 spiro atoms. The van der Waals surface area contributed by atoms with Gasteiger partial charge in [0.15, 0.2) is 10.8 Å². The molecule has 3 nitrogen and oxygen atoms in total. The molecule has 2 aromatic heterocycles. The minimum absolute atomic E-state index is 0.161. The first kappa shape index (κ1) is 9.30. The number of benzene rings is 1. The van der Waals surface area contributed by atoms with E-state index in [1.54, 1.807) is 12.1 Å². The molecule has 0 N–H and O–H groups in total. The van der Waals surface area contributed by atoms with Crippen LogP contribution in [0.5, 0.6) is 0 Å². The Morgan fingerprint density at radius 2 is 2.06 bits per heavy atom. The molecule has 0 bridgehead atoms. The minimum Gasteiger partial charge on any atom is -0.461 e. The highest BCUT2D eigenvalue weighted by Crippen LogP contribution is 2.23. The number of fused-ring (bicyclic) bond motifs is 1. The van der Waals surface area contributed by atoms with Gasteiger partial charge in [-0.3, -0.25) is 4.79 Å². The van der Waals surface area contributed by atoms with Crippen molar-refractivity contribution in [1.29, 1.82) is 0 Å². The van der Waals surface area contributed by atoms with Crippen LogP contribution in [-0.2, 0) is 0 Å². The predicted octanol–water partition coefficient (Wildman–Crippen LogP) is 3.12. The molecule has 0 saturated carbocycles. The smallest absolute Gasteiger partial charge is 0.256 e. The molecule has 0 amide bonds. The number of thiazole rings is 1. The third kappa shape index (κ3) is 1.44. The first-order valence-electron chi connectivity index (χ1n) is 4.78. The van der Waals surface area contributed by atoms with Crippen LogP contribution in [0.4, 0.5) is 0 Å². The number of nitrogens with zero attached hydrogens (tertiary/aromatic N) is 1. The molecule has 1 aromatic carbocycles. The molecule has 0 aliphatic carbocycles. The van der Waals surface area contributed by atoms with E-state index in [0.717, 1.165) is 10.2 Å². The molecule has 0 atom stereocenters. The zero-order chi connectivity index (χ0) is 11.0. The summed E-state index contributed by atoms with van der Waals surface area (Å²) in [6.45, 7) is 0. The van der Waals surface area contributed by atoms with Crippen LogP contribution in [0.25, 0.3) is 10.2 Å². The highest BCUT2D eigenvalue weighted by molar-refractivity contribution is 7.20. The maximum absolute atomic E-state index is 11.9. The van der Waals surface area contributed by atoms with E-state index >= 15 is 0 Å². The molecular weight excluding hydrogens is 222 g/mol. The molecule has 2 heterocycles. The lowest BCUT2D eigenvalue weighted by molar-refractivity contribution is 0.101. The van der Waals surface area contributed by atoms with Crippen molar-refractivity contribution in [2.24, 2.45) is 0 Å². The van der Waals surface area contributed by atoms with Gasteiger partial charge < -0.3 is 4.42 Å². The van der Waals surface area contributed by atoms with Crippen molar-refractivity contribution >= 4 is 27.3 Å². The standard InChI is InChI=1S/C12H7NO2S/c14-11(9-5-3-7-15-9)12-13-8-4-1-2-6-10(8)16-12/h1-7H. The van der Waals surface area contributed by atoms with Gasteiger partial charge in [0.25, 0.3) is 5.78 Å². The van der Waals surface area contributed by atoms with Crippen LogP contribution in [-0.4, -0.2) is 10.8 Å². The van der Waals surface area contributed by atoms with Crippen LogP contribution in [0.3, 0.4) is 0 Å². The fourth-order valence-electron chi connectivity index (χ4n) is 1.48. The third-order valence-corrected chi connectivity index (χ3v) is 3.27. The predicted molar refractivity (Wildman–Crippen MR) is 61.8 cm³/mol. The Balaban J connectivity index is 2.10. The van der Waals surface area contributed by atoms with E-state index in [1.165, 1.54) is 17.6 Å². The summed E-state index contributed by atoms with van der Waals surface area (Å²) < 4.78 is 6.07. The quantitative estimate of drug-likeness (QED) is 0.634. The van der Waals surface area contributed by atoms with Crippen LogP contribution in [0, 0.1) is 0 Å². The van der Waals surface area contributed by atoms with Crippen LogP contribution < -0.4 is 0 Å². The number of aromatic nitrogens is 1.